The molecule has 1 saturated carbocycles. The summed E-state index contributed by atoms with van der Waals surface area (Å²) in [5.74, 6) is -3.86. The second-order valence-electron chi connectivity index (χ2n) is 14.0. The Morgan fingerprint density at radius 2 is 1.81 bits per heavy atom. The molecule has 2 aliphatic heterocycles. The number of amides is 1. The van der Waals surface area contributed by atoms with Gasteiger partial charge in [0.15, 0.2) is 0 Å². The van der Waals surface area contributed by atoms with E-state index in [1.807, 2.05) is 0 Å². The van der Waals surface area contributed by atoms with E-state index in [9.17, 15) is 37.1 Å². The Kier molecular flexibility index (Phi) is 9.59. The van der Waals surface area contributed by atoms with Crippen molar-refractivity contribution in [3.8, 4) is 17.0 Å². The van der Waals surface area contributed by atoms with Crippen molar-refractivity contribution in [1.82, 2.24) is 24.6 Å². The molecule has 2 aromatic carbocycles. The first-order chi connectivity index (χ1) is 25.1. The van der Waals surface area contributed by atoms with E-state index < -0.39 is 76.6 Å². The fourth-order valence-electron chi connectivity index (χ4n) is 6.92. The van der Waals surface area contributed by atoms with E-state index in [1.54, 1.807) is 15.8 Å². The number of nitrogens with zero attached hydrogens (tertiary/aromatic N) is 4. The van der Waals surface area contributed by atoms with Gasteiger partial charge in [0.2, 0.25) is 11.8 Å². The van der Waals surface area contributed by atoms with Crippen molar-refractivity contribution in [2.75, 3.05) is 19.6 Å². The summed E-state index contributed by atoms with van der Waals surface area (Å²) < 4.78 is 96.4. The SMILES string of the molecule is Cc1cc2cc(c1F)C(CC(=O)O)NC(=O)C(n1cc(CCN3CC(F)C3)c(C(F)(F)F)cc1=O)c1cc(ccc1F)COc1nn(CC3CC3)cc1-2. The van der Waals surface area contributed by atoms with Gasteiger partial charge in [0, 0.05) is 55.8 Å². The lowest BCUT2D eigenvalue weighted by Crippen LogP contribution is -2.49. The molecule has 2 fully saturated rings. The van der Waals surface area contributed by atoms with Crippen molar-refractivity contribution in [2.45, 2.75) is 70.2 Å². The van der Waals surface area contributed by atoms with Crippen molar-refractivity contribution < 1.29 is 45.8 Å². The highest BCUT2D eigenvalue weighted by Crippen LogP contribution is 2.38. The fraction of sp³-hybridized carbons (Fsp3) is 0.405. The number of carboxylic acids is 1. The molecule has 7 rings (SSSR count). The van der Waals surface area contributed by atoms with Crippen LogP contribution in [0.3, 0.4) is 0 Å². The number of carbonyl (C=O) groups excluding carboxylic acids is 1. The summed E-state index contributed by atoms with van der Waals surface area (Å²) in [5, 5.41) is 17.0. The molecule has 10 nitrogen and oxygen atoms in total. The lowest BCUT2D eigenvalue weighted by molar-refractivity contribution is -0.139. The molecular weight excluding hydrogens is 708 g/mol. The van der Waals surface area contributed by atoms with Crippen molar-refractivity contribution in [2.24, 2.45) is 5.92 Å². The molecule has 16 heteroatoms. The van der Waals surface area contributed by atoms with Crippen LogP contribution in [0.15, 0.2) is 53.6 Å². The average Bonchev–Trinajstić information content (AvgIpc) is 3.80. The Hall–Kier alpha value is -5.12. The van der Waals surface area contributed by atoms with Crippen molar-refractivity contribution in [1.29, 1.82) is 0 Å². The van der Waals surface area contributed by atoms with E-state index in [1.165, 1.54) is 31.2 Å². The number of carbonyl (C=O) groups is 2. The smallest absolute Gasteiger partial charge is 0.416 e. The summed E-state index contributed by atoms with van der Waals surface area (Å²) in [6.07, 6.45) is -2.60. The first-order valence-corrected chi connectivity index (χ1v) is 17.1. The molecule has 0 spiro atoms. The number of hydrogen-bond acceptors (Lipinski definition) is 6. The Morgan fingerprint density at radius 1 is 1.06 bits per heavy atom. The lowest BCUT2D eigenvalue weighted by Gasteiger charge is -2.34. The second-order valence-corrected chi connectivity index (χ2v) is 14.0. The van der Waals surface area contributed by atoms with Gasteiger partial charge in [0.25, 0.3) is 5.56 Å². The molecule has 1 saturated heterocycles. The van der Waals surface area contributed by atoms with Crippen LogP contribution in [0.4, 0.5) is 26.3 Å². The molecule has 1 amide bonds. The third-order valence-electron chi connectivity index (χ3n) is 9.87. The van der Waals surface area contributed by atoms with Gasteiger partial charge in [-0.2, -0.15) is 13.2 Å². The zero-order chi connectivity index (χ0) is 37.8. The zero-order valence-corrected chi connectivity index (χ0v) is 28.4. The van der Waals surface area contributed by atoms with Crippen LogP contribution in [-0.2, 0) is 35.3 Å². The number of hydrogen-bond donors (Lipinski definition) is 2. The molecule has 4 heterocycles. The Morgan fingerprint density at radius 3 is 2.49 bits per heavy atom. The quantitative estimate of drug-likeness (QED) is 0.221. The second kappa shape index (κ2) is 14.0. The van der Waals surface area contributed by atoms with Crippen LogP contribution >= 0.6 is 0 Å². The molecular formula is C37H35F6N5O5. The monoisotopic (exact) mass is 743 g/mol. The summed E-state index contributed by atoms with van der Waals surface area (Å²) in [7, 11) is 0. The maximum absolute atomic E-state index is 16.0. The minimum Gasteiger partial charge on any atom is -0.481 e. The zero-order valence-electron chi connectivity index (χ0n) is 28.4. The van der Waals surface area contributed by atoms with Crippen molar-refractivity contribution in [3.05, 3.63) is 104 Å². The highest BCUT2D eigenvalue weighted by molar-refractivity contribution is 5.85. The van der Waals surface area contributed by atoms with Crippen LogP contribution in [0, 0.1) is 24.5 Å². The van der Waals surface area contributed by atoms with E-state index in [2.05, 4.69) is 10.4 Å². The Bertz CT molecular complexity index is 2140. The topological polar surface area (TPSA) is 119 Å². The number of pyridine rings is 1. The highest BCUT2D eigenvalue weighted by Gasteiger charge is 2.38. The van der Waals surface area contributed by atoms with Gasteiger partial charge in [-0.1, -0.05) is 6.07 Å². The molecule has 4 aromatic rings. The van der Waals surface area contributed by atoms with Crippen LogP contribution in [0.2, 0.25) is 0 Å². The summed E-state index contributed by atoms with van der Waals surface area (Å²) in [4.78, 5) is 41.6. The van der Waals surface area contributed by atoms with E-state index in [0.29, 0.717) is 39.8 Å². The number of likely N-dealkylation sites (tertiary alicyclic amines) is 1. The number of ether oxygens (including phenoxy) is 1. The molecule has 280 valence electrons. The van der Waals surface area contributed by atoms with Gasteiger partial charge in [-0.25, -0.2) is 13.2 Å². The van der Waals surface area contributed by atoms with Crippen molar-refractivity contribution in [3.63, 3.8) is 0 Å². The number of benzene rings is 2. The number of aromatic nitrogens is 3. The minimum absolute atomic E-state index is 0.00775. The number of rotatable bonds is 8. The third-order valence-corrected chi connectivity index (χ3v) is 9.87. The maximum Gasteiger partial charge on any atom is 0.416 e. The van der Waals surface area contributed by atoms with Gasteiger partial charge < -0.3 is 15.2 Å². The van der Waals surface area contributed by atoms with Crippen LogP contribution in [0.25, 0.3) is 11.1 Å². The largest absolute Gasteiger partial charge is 0.481 e. The van der Waals surface area contributed by atoms with Gasteiger partial charge in [-0.15, -0.1) is 5.10 Å². The number of carboxylic acid groups (broad SMARTS) is 1. The third kappa shape index (κ3) is 7.68. The van der Waals surface area contributed by atoms with Crippen LogP contribution in [-0.4, -0.2) is 62.0 Å². The van der Waals surface area contributed by atoms with Crippen LogP contribution < -0.4 is 15.6 Å². The Labute approximate surface area is 299 Å². The predicted octanol–water partition coefficient (Wildman–Crippen LogP) is 5.74. The van der Waals surface area contributed by atoms with Gasteiger partial charge in [-0.3, -0.25) is 28.5 Å². The molecule has 3 aliphatic rings. The lowest BCUT2D eigenvalue weighted by atomic mass is 9.94. The normalized spacial score (nSPS) is 19.5. The molecule has 2 aromatic heterocycles. The van der Waals surface area contributed by atoms with Gasteiger partial charge >= 0.3 is 12.1 Å². The minimum atomic E-state index is -4.98. The molecule has 0 radical (unpaired) electrons. The summed E-state index contributed by atoms with van der Waals surface area (Å²) in [6, 6.07) is 3.27. The first kappa shape index (κ1) is 36.2. The number of fused-ring (bicyclic) bond motifs is 6. The highest BCUT2D eigenvalue weighted by atomic mass is 19.4. The predicted molar refractivity (Wildman–Crippen MR) is 178 cm³/mol. The maximum atomic E-state index is 16.0. The fourth-order valence-corrected chi connectivity index (χ4v) is 6.92. The summed E-state index contributed by atoms with van der Waals surface area (Å²) in [5.41, 5.74) is -2.34. The van der Waals surface area contributed by atoms with E-state index >= 15 is 8.78 Å². The van der Waals surface area contributed by atoms with Crippen LogP contribution in [0.5, 0.6) is 5.88 Å². The van der Waals surface area contributed by atoms with E-state index in [4.69, 9.17) is 4.74 Å². The Balaban J connectivity index is 1.39. The standard InChI is InChI=1S/C37H35F6N5O5/c1-19-8-23-10-26(33(19)40)30(12-32(50)51)44-35(52)34(48-14-22(6-7-46-15-24(38)16-46)28(11-31(48)49)37(41,42)43)25-9-21(4-5-29(25)39)18-53-36-27(23)17-47(45-36)13-20-2-3-20/h4-5,8-11,14,17,20,24,30,34H,2-3,6-7,12-13,15-16,18H2,1H3,(H,44,52)(H,50,51). The summed E-state index contributed by atoms with van der Waals surface area (Å²) >= 11 is 0. The molecule has 2 atom stereocenters. The number of alkyl halides is 4. The van der Waals surface area contributed by atoms with Gasteiger partial charge in [0.1, 0.15) is 30.5 Å². The molecule has 4 bridgehead atoms. The molecule has 1 aliphatic carbocycles. The number of halogens is 6. The molecule has 53 heavy (non-hydrogen) atoms. The number of aliphatic carboxylic acids is 1. The van der Waals surface area contributed by atoms with E-state index in [-0.39, 0.29) is 49.7 Å². The van der Waals surface area contributed by atoms with Crippen LogP contribution in [0.1, 0.15) is 64.7 Å². The molecule has 2 unspecified atom stereocenters. The number of aryl methyl sites for hydroxylation is 1. The number of nitrogens with one attached hydrogen (secondary N) is 1. The first-order valence-electron chi connectivity index (χ1n) is 17.1. The van der Waals surface area contributed by atoms with Gasteiger partial charge in [0.05, 0.1) is 23.6 Å². The molecule has 2 N–H and O–H groups in total. The van der Waals surface area contributed by atoms with E-state index in [0.717, 1.165) is 25.1 Å². The summed E-state index contributed by atoms with van der Waals surface area (Å²) in [6.45, 7) is 1.91. The average molecular weight is 744 g/mol. The van der Waals surface area contributed by atoms with Crippen molar-refractivity contribution >= 4 is 11.9 Å². The van der Waals surface area contributed by atoms with Gasteiger partial charge in [-0.05, 0) is 78.6 Å².